The average Bonchev–Trinajstić information content (AvgIpc) is 3.54. The zero-order chi connectivity index (χ0) is 25.1. The van der Waals surface area contributed by atoms with Gasteiger partial charge in [0.05, 0.1) is 26.3 Å². The summed E-state index contributed by atoms with van der Waals surface area (Å²) in [5.41, 5.74) is 4.95. The molecular formula is C27H32N6O3. The summed E-state index contributed by atoms with van der Waals surface area (Å²) in [5, 5.41) is 13.5. The van der Waals surface area contributed by atoms with E-state index < -0.39 is 0 Å². The number of aromatic nitrogens is 5. The van der Waals surface area contributed by atoms with Crippen LogP contribution in [0.3, 0.4) is 0 Å². The van der Waals surface area contributed by atoms with Gasteiger partial charge in [0.25, 0.3) is 5.56 Å². The smallest absolute Gasteiger partial charge is 0.252 e. The molecule has 3 heterocycles. The molecule has 2 aromatic carbocycles. The number of rotatable bonds is 9. The Bertz CT molecular complexity index is 1390. The van der Waals surface area contributed by atoms with Crippen molar-refractivity contribution in [2.75, 3.05) is 13.7 Å². The fourth-order valence-corrected chi connectivity index (χ4v) is 4.70. The van der Waals surface area contributed by atoms with E-state index in [9.17, 15) is 4.79 Å². The highest BCUT2D eigenvalue weighted by molar-refractivity contribution is 5.80. The van der Waals surface area contributed by atoms with E-state index in [4.69, 9.17) is 9.47 Å². The van der Waals surface area contributed by atoms with Crippen LogP contribution in [0.15, 0.2) is 47.3 Å². The van der Waals surface area contributed by atoms with Gasteiger partial charge in [-0.1, -0.05) is 12.1 Å². The molecule has 0 bridgehead atoms. The molecule has 4 aromatic rings. The van der Waals surface area contributed by atoms with Gasteiger partial charge < -0.3 is 14.5 Å². The number of aryl methyl sites for hydroxylation is 2. The minimum Gasteiger partial charge on any atom is -0.497 e. The third-order valence-corrected chi connectivity index (χ3v) is 6.87. The summed E-state index contributed by atoms with van der Waals surface area (Å²) in [7, 11) is 1.66. The molecule has 1 fully saturated rings. The first-order valence-electron chi connectivity index (χ1n) is 12.3. The molecule has 9 heteroatoms. The van der Waals surface area contributed by atoms with Gasteiger partial charge in [-0.15, -0.1) is 5.10 Å². The Morgan fingerprint density at radius 1 is 1.11 bits per heavy atom. The number of aromatic amines is 1. The molecule has 2 aromatic heterocycles. The number of H-pyrrole nitrogens is 1. The number of ether oxygens (including phenoxy) is 2. The van der Waals surface area contributed by atoms with E-state index in [0.717, 1.165) is 53.1 Å². The summed E-state index contributed by atoms with van der Waals surface area (Å²) in [6.07, 6.45) is 2.22. The number of benzene rings is 2. The molecule has 1 aliphatic rings. The van der Waals surface area contributed by atoms with Gasteiger partial charge in [-0.25, -0.2) is 4.68 Å². The van der Waals surface area contributed by atoms with Gasteiger partial charge in [-0.3, -0.25) is 9.69 Å². The summed E-state index contributed by atoms with van der Waals surface area (Å²) < 4.78 is 12.9. The van der Waals surface area contributed by atoms with Crippen LogP contribution in [-0.4, -0.2) is 49.9 Å². The van der Waals surface area contributed by atoms with Crippen molar-refractivity contribution in [3.8, 4) is 5.75 Å². The van der Waals surface area contributed by atoms with Crippen molar-refractivity contribution >= 4 is 10.9 Å². The predicted molar refractivity (Wildman–Crippen MR) is 137 cm³/mol. The molecular weight excluding hydrogens is 456 g/mol. The summed E-state index contributed by atoms with van der Waals surface area (Å²) in [5.74, 6) is 1.56. The van der Waals surface area contributed by atoms with Crippen LogP contribution in [0.5, 0.6) is 5.75 Å². The first-order valence-corrected chi connectivity index (χ1v) is 12.3. The highest BCUT2D eigenvalue weighted by Crippen LogP contribution is 2.20. The minimum absolute atomic E-state index is 0.0792. The number of hydrogen-bond donors (Lipinski definition) is 1. The lowest BCUT2D eigenvalue weighted by molar-refractivity contribution is 0.0914. The Balaban J connectivity index is 1.43. The molecule has 1 N–H and O–H groups in total. The SMILES string of the molecule is COc1ccc(CN(Cc2cc3cc(C)c(C)cc3[nH]c2=O)Cc2nnnn2C[C@H]2CCCO2)cc1. The zero-order valence-corrected chi connectivity index (χ0v) is 21.0. The first kappa shape index (κ1) is 24.1. The quantitative estimate of drug-likeness (QED) is 0.385. The molecule has 5 rings (SSSR count). The van der Waals surface area contributed by atoms with E-state index in [1.165, 1.54) is 5.56 Å². The molecule has 0 radical (unpaired) electrons. The molecule has 0 aliphatic carbocycles. The molecule has 1 aliphatic heterocycles. The van der Waals surface area contributed by atoms with Crippen LogP contribution in [-0.2, 0) is 30.9 Å². The number of nitrogens with zero attached hydrogens (tertiary/aromatic N) is 5. The lowest BCUT2D eigenvalue weighted by Gasteiger charge is -2.22. The van der Waals surface area contributed by atoms with Gasteiger partial charge in [0.15, 0.2) is 5.82 Å². The molecule has 9 nitrogen and oxygen atoms in total. The predicted octanol–water partition coefficient (Wildman–Crippen LogP) is 3.52. The topological polar surface area (TPSA) is 98.2 Å². The monoisotopic (exact) mass is 488 g/mol. The van der Waals surface area contributed by atoms with E-state index in [0.29, 0.717) is 31.7 Å². The van der Waals surface area contributed by atoms with Gasteiger partial charge in [0.1, 0.15) is 5.75 Å². The van der Waals surface area contributed by atoms with Crippen molar-refractivity contribution in [1.29, 1.82) is 0 Å². The summed E-state index contributed by atoms with van der Waals surface area (Å²) >= 11 is 0. The maximum Gasteiger partial charge on any atom is 0.252 e. The summed E-state index contributed by atoms with van der Waals surface area (Å²) in [6, 6.07) is 14.1. The van der Waals surface area contributed by atoms with Crippen molar-refractivity contribution in [3.05, 3.63) is 80.9 Å². The Labute approximate surface area is 210 Å². The highest BCUT2D eigenvalue weighted by Gasteiger charge is 2.21. The Hall–Kier alpha value is -3.56. The third kappa shape index (κ3) is 5.47. The average molecular weight is 489 g/mol. The van der Waals surface area contributed by atoms with E-state index in [1.54, 1.807) is 7.11 Å². The van der Waals surface area contributed by atoms with Crippen molar-refractivity contribution in [2.24, 2.45) is 0 Å². The number of fused-ring (bicyclic) bond motifs is 1. The largest absolute Gasteiger partial charge is 0.497 e. The first-order chi connectivity index (χ1) is 17.5. The number of tetrazole rings is 1. The van der Waals surface area contributed by atoms with Crippen molar-refractivity contribution in [3.63, 3.8) is 0 Å². The van der Waals surface area contributed by atoms with Crippen LogP contribution in [0.25, 0.3) is 10.9 Å². The molecule has 0 saturated carbocycles. The fraction of sp³-hybridized carbons (Fsp3) is 0.407. The van der Waals surface area contributed by atoms with Crippen molar-refractivity contribution in [1.82, 2.24) is 30.1 Å². The van der Waals surface area contributed by atoms with E-state index in [2.05, 4.69) is 45.3 Å². The van der Waals surface area contributed by atoms with Crippen molar-refractivity contribution in [2.45, 2.75) is 59.0 Å². The molecule has 36 heavy (non-hydrogen) atoms. The molecule has 0 unspecified atom stereocenters. The number of hydrogen-bond acceptors (Lipinski definition) is 7. The molecule has 0 spiro atoms. The van der Waals surface area contributed by atoms with Gasteiger partial charge in [-0.05, 0) is 89.5 Å². The lowest BCUT2D eigenvalue weighted by atomic mass is 10.0. The maximum atomic E-state index is 13.0. The highest BCUT2D eigenvalue weighted by atomic mass is 16.5. The minimum atomic E-state index is -0.0792. The van der Waals surface area contributed by atoms with Crippen molar-refractivity contribution < 1.29 is 9.47 Å². The van der Waals surface area contributed by atoms with E-state index in [-0.39, 0.29) is 11.7 Å². The second-order valence-corrected chi connectivity index (χ2v) is 9.55. The second-order valence-electron chi connectivity index (χ2n) is 9.55. The van der Waals surface area contributed by atoms with Crippen LogP contribution >= 0.6 is 0 Å². The number of pyridine rings is 1. The molecule has 188 valence electrons. The van der Waals surface area contributed by atoms with Crippen LogP contribution < -0.4 is 10.3 Å². The van der Waals surface area contributed by atoms with Gasteiger partial charge in [0.2, 0.25) is 0 Å². The molecule has 1 saturated heterocycles. The van der Waals surface area contributed by atoms with Crippen LogP contribution in [0.4, 0.5) is 0 Å². The van der Waals surface area contributed by atoms with E-state index >= 15 is 0 Å². The maximum absolute atomic E-state index is 13.0. The lowest BCUT2D eigenvalue weighted by Crippen LogP contribution is -2.29. The Morgan fingerprint density at radius 3 is 2.67 bits per heavy atom. The molecule has 1 atom stereocenters. The summed E-state index contributed by atoms with van der Waals surface area (Å²) in [6.45, 7) is 7.14. The zero-order valence-electron chi connectivity index (χ0n) is 21.0. The Morgan fingerprint density at radius 2 is 1.92 bits per heavy atom. The molecule has 0 amide bonds. The standard InChI is InChI=1S/C27H32N6O3/c1-18-11-21-13-22(27(34)28-25(21)12-19(18)2)15-32(14-20-6-8-23(35-3)9-7-20)17-26-29-30-31-33(26)16-24-5-4-10-36-24/h6-9,11-13,24H,4-5,10,14-17H2,1-3H3,(H,28,34)/t24-/m1/s1. The fourth-order valence-electron chi connectivity index (χ4n) is 4.70. The Kier molecular flexibility index (Phi) is 7.11. The number of nitrogens with one attached hydrogen (secondary N) is 1. The second kappa shape index (κ2) is 10.6. The number of methoxy groups -OCH3 is 1. The van der Waals surface area contributed by atoms with Gasteiger partial charge in [-0.2, -0.15) is 0 Å². The third-order valence-electron chi connectivity index (χ3n) is 6.87. The van der Waals surface area contributed by atoms with Crippen LogP contribution in [0.2, 0.25) is 0 Å². The normalized spacial score (nSPS) is 15.7. The van der Waals surface area contributed by atoms with E-state index in [1.807, 2.05) is 41.1 Å². The van der Waals surface area contributed by atoms with Gasteiger partial charge in [0, 0.05) is 30.8 Å². The van der Waals surface area contributed by atoms with Gasteiger partial charge >= 0.3 is 0 Å². The summed E-state index contributed by atoms with van der Waals surface area (Å²) in [4.78, 5) is 18.3. The van der Waals surface area contributed by atoms with Crippen LogP contribution in [0.1, 0.15) is 40.9 Å². The van der Waals surface area contributed by atoms with Crippen LogP contribution in [0, 0.1) is 13.8 Å².